The third kappa shape index (κ3) is 4.79. The van der Waals surface area contributed by atoms with Gasteiger partial charge in [-0.15, -0.1) is 0 Å². The second-order valence-corrected chi connectivity index (χ2v) is 5.09. The number of nitrogens with zero attached hydrogens (tertiary/aromatic N) is 1. The summed E-state index contributed by atoms with van der Waals surface area (Å²) < 4.78 is 5.04. The van der Waals surface area contributed by atoms with E-state index in [1.54, 1.807) is 43.5 Å². The third-order valence-corrected chi connectivity index (χ3v) is 3.33. The zero-order chi connectivity index (χ0) is 17.4. The zero-order valence-electron chi connectivity index (χ0n) is 13.3. The summed E-state index contributed by atoms with van der Waals surface area (Å²) in [5.41, 5.74) is 1.91. The minimum atomic E-state index is -0.442. The van der Waals surface area contributed by atoms with Crippen LogP contribution in [0.2, 0.25) is 0 Å². The van der Waals surface area contributed by atoms with Crippen LogP contribution in [0, 0.1) is 10.1 Å². The van der Waals surface area contributed by atoms with Crippen LogP contribution in [0.25, 0.3) is 0 Å². The molecule has 7 nitrogen and oxygen atoms in total. The van der Waals surface area contributed by atoms with E-state index in [9.17, 15) is 14.9 Å². The van der Waals surface area contributed by atoms with E-state index >= 15 is 0 Å². The highest BCUT2D eigenvalue weighted by Crippen LogP contribution is 2.22. The van der Waals surface area contributed by atoms with Crippen molar-refractivity contribution < 1.29 is 14.5 Å². The molecule has 2 aromatic rings. The van der Waals surface area contributed by atoms with Gasteiger partial charge in [-0.25, -0.2) is 0 Å². The molecule has 0 heterocycles. The normalized spacial score (nSPS) is 10.2. The Morgan fingerprint density at radius 1 is 1.17 bits per heavy atom. The van der Waals surface area contributed by atoms with Crippen LogP contribution in [-0.2, 0) is 11.3 Å². The number of benzene rings is 2. The quantitative estimate of drug-likeness (QED) is 0.441. The number of hydrogen-bond acceptors (Lipinski definition) is 5. The van der Waals surface area contributed by atoms with Gasteiger partial charge < -0.3 is 15.4 Å². The Kier molecular flexibility index (Phi) is 6.27. The number of ether oxygens (including phenoxy) is 1. The van der Waals surface area contributed by atoms with Crippen LogP contribution in [0.5, 0.6) is 0 Å². The van der Waals surface area contributed by atoms with E-state index in [1.165, 1.54) is 6.07 Å². The largest absolute Gasteiger partial charge is 0.380 e. The number of nitro groups is 1. The number of hydrogen-bond donors (Lipinski definition) is 2. The first kappa shape index (κ1) is 17.4. The summed E-state index contributed by atoms with van der Waals surface area (Å²) in [6.07, 6.45) is 0. The molecule has 0 aromatic heterocycles. The van der Waals surface area contributed by atoms with E-state index in [0.29, 0.717) is 30.9 Å². The third-order valence-electron chi connectivity index (χ3n) is 3.33. The molecule has 0 bridgehead atoms. The molecular weight excluding hydrogens is 310 g/mol. The van der Waals surface area contributed by atoms with E-state index < -0.39 is 4.92 Å². The molecule has 7 heteroatoms. The van der Waals surface area contributed by atoms with Gasteiger partial charge in [-0.05, 0) is 23.8 Å². The molecule has 0 atom stereocenters. The highest BCUT2D eigenvalue weighted by atomic mass is 16.6. The molecule has 0 aliphatic carbocycles. The lowest BCUT2D eigenvalue weighted by Gasteiger charge is -2.09. The molecule has 126 valence electrons. The van der Waals surface area contributed by atoms with E-state index in [-0.39, 0.29) is 11.6 Å². The summed E-state index contributed by atoms with van der Waals surface area (Å²) in [6, 6.07) is 13.6. The van der Waals surface area contributed by atoms with E-state index in [2.05, 4.69) is 10.6 Å². The number of carbonyl (C=O) groups excluding carboxylic acids is 1. The second kappa shape index (κ2) is 8.64. The SMILES string of the molecule is COCc1cccc(C(=O)NCCNc2ccccc2[N+](=O)[O-])c1. The van der Waals surface area contributed by atoms with Crippen molar-refractivity contribution in [3.05, 3.63) is 69.8 Å². The van der Waals surface area contributed by atoms with Gasteiger partial charge in [0.25, 0.3) is 11.6 Å². The van der Waals surface area contributed by atoms with Gasteiger partial charge in [0.15, 0.2) is 0 Å². The first-order chi connectivity index (χ1) is 11.6. The molecule has 2 rings (SSSR count). The van der Waals surface area contributed by atoms with Gasteiger partial charge in [0.05, 0.1) is 11.5 Å². The number of anilines is 1. The first-order valence-corrected chi connectivity index (χ1v) is 7.45. The number of para-hydroxylation sites is 2. The average Bonchev–Trinajstić information content (AvgIpc) is 2.59. The first-order valence-electron chi connectivity index (χ1n) is 7.45. The van der Waals surface area contributed by atoms with Crippen molar-refractivity contribution in [3.63, 3.8) is 0 Å². The molecule has 0 aliphatic rings. The number of methoxy groups -OCH3 is 1. The predicted octanol–water partition coefficient (Wildman–Crippen LogP) is 2.58. The Bertz CT molecular complexity index is 718. The molecule has 2 N–H and O–H groups in total. The van der Waals surface area contributed by atoms with Crippen LogP contribution in [0.4, 0.5) is 11.4 Å². The fourth-order valence-electron chi connectivity index (χ4n) is 2.23. The minimum Gasteiger partial charge on any atom is -0.380 e. The minimum absolute atomic E-state index is 0.0103. The van der Waals surface area contributed by atoms with Crippen molar-refractivity contribution in [1.29, 1.82) is 0 Å². The van der Waals surface area contributed by atoms with Crippen molar-refractivity contribution >= 4 is 17.3 Å². The molecule has 1 amide bonds. The van der Waals surface area contributed by atoms with Crippen LogP contribution in [0.15, 0.2) is 48.5 Å². The van der Waals surface area contributed by atoms with E-state index in [0.717, 1.165) is 5.56 Å². The summed E-state index contributed by atoms with van der Waals surface area (Å²) in [4.78, 5) is 22.6. The highest BCUT2D eigenvalue weighted by molar-refractivity contribution is 5.94. The standard InChI is InChI=1S/C17H19N3O4/c1-24-12-13-5-4-6-14(11-13)17(21)19-10-9-18-15-7-2-3-8-16(15)20(22)23/h2-8,11,18H,9-10,12H2,1H3,(H,19,21). The highest BCUT2D eigenvalue weighted by Gasteiger charge is 2.11. The Labute approximate surface area is 139 Å². The van der Waals surface area contributed by atoms with Gasteiger partial charge in [-0.3, -0.25) is 14.9 Å². The summed E-state index contributed by atoms with van der Waals surface area (Å²) >= 11 is 0. The molecule has 24 heavy (non-hydrogen) atoms. The predicted molar refractivity (Wildman–Crippen MR) is 91.1 cm³/mol. The van der Waals surface area contributed by atoms with E-state index in [1.807, 2.05) is 6.07 Å². The van der Waals surface area contributed by atoms with Crippen molar-refractivity contribution in [3.8, 4) is 0 Å². The Morgan fingerprint density at radius 2 is 1.96 bits per heavy atom. The summed E-state index contributed by atoms with van der Waals surface area (Å²) in [7, 11) is 1.60. The fraction of sp³-hybridized carbons (Fsp3) is 0.235. The van der Waals surface area contributed by atoms with Crippen molar-refractivity contribution in [2.24, 2.45) is 0 Å². The van der Waals surface area contributed by atoms with Gasteiger partial charge in [0, 0.05) is 31.8 Å². The van der Waals surface area contributed by atoms with Crippen molar-refractivity contribution in [2.45, 2.75) is 6.61 Å². The van der Waals surface area contributed by atoms with Crippen molar-refractivity contribution in [2.75, 3.05) is 25.5 Å². The topological polar surface area (TPSA) is 93.5 Å². The maximum atomic E-state index is 12.1. The van der Waals surface area contributed by atoms with Gasteiger partial charge >= 0.3 is 0 Å². The van der Waals surface area contributed by atoms with E-state index in [4.69, 9.17) is 4.74 Å². The number of amides is 1. The summed E-state index contributed by atoms with van der Waals surface area (Å²) in [6.45, 7) is 1.17. The molecule has 2 aromatic carbocycles. The van der Waals surface area contributed by atoms with Gasteiger partial charge in [-0.1, -0.05) is 24.3 Å². The Morgan fingerprint density at radius 3 is 2.71 bits per heavy atom. The smallest absolute Gasteiger partial charge is 0.292 e. The van der Waals surface area contributed by atoms with Crippen LogP contribution in [0.3, 0.4) is 0 Å². The zero-order valence-corrected chi connectivity index (χ0v) is 13.3. The number of nitro benzene ring substituents is 1. The molecule has 0 saturated heterocycles. The molecule has 0 fully saturated rings. The number of rotatable bonds is 8. The second-order valence-electron chi connectivity index (χ2n) is 5.09. The van der Waals surface area contributed by atoms with Gasteiger partial charge in [-0.2, -0.15) is 0 Å². The molecule has 0 radical (unpaired) electrons. The van der Waals surface area contributed by atoms with Crippen LogP contribution >= 0.6 is 0 Å². The fourth-order valence-corrected chi connectivity index (χ4v) is 2.23. The molecule has 0 unspecified atom stereocenters. The van der Waals surface area contributed by atoms with Gasteiger partial charge in [0.1, 0.15) is 5.69 Å². The number of carbonyl (C=O) groups is 1. The van der Waals surface area contributed by atoms with Crippen molar-refractivity contribution in [1.82, 2.24) is 5.32 Å². The molecule has 0 spiro atoms. The number of nitrogens with one attached hydrogen (secondary N) is 2. The maximum absolute atomic E-state index is 12.1. The lowest BCUT2D eigenvalue weighted by molar-refractivity contribution is -0.384. The lowest BCUT2D eigenvalue weighted by Crippen LogP contribution is -2.28. The van der Waals surface area contributed by atoms with Crippen LogP contribution < -0.4 is 10.6 Å². The molecule has 0 aliphatic heterocycles. The molecular formula is C17H19N3O4. The lowest BCUT2D eigenvalue weighted by atomic mass is 10.1. The summed E-state index contributed by atoms with van der Waals surface area (Å²) in [5, 5.41) is 16.7. The van der Waals surface area contributed by atoms with Crippen LogP contribution in [0.1, 0.15) is 15.9 Å². The Hall–Kier alpha value is -2.93. The average molecular weight is 329 g/mol. The van der Waals surface area contributed by atoms with Gasteiger partial charge in [0.2, 0.25) is 0 Å². The maximum Gasteiger partial charge on any atom is 0.292 e. The molecule has 0 saturated carbocycles. The van der Waals surface area contributed by atoms with Crippen LogP contribution in [-0.4, -0.2) is 31.0 Å². The monoisotopic (exact) mass is 329 g/mol. The Balaban J connectivity index is 1.85. The summed E-state index contributed by atoms with van der Waals surface area (Å²) in [5.74, 6) is -0.197.